The Bertz CT molecular complexity index is 843. The normalized spacial score (nSPS) is 18.4. The van der Waals surface area contributed by atoms with Crippen LogP contribution in [0.3, 0.4) is 0 Å². The Hall–Kier alpha value is -2.37. The Morgan fingerprint density at radius 3 is 2.22 bits per heavy atom. The van der Waals surface area contributed by atoms with Gasteiger partial charge in [0.1, 0.15) is 0 Å². The maximum atomic E-state index is 12.3. The summed E-state index contributed by atoms with van der Waals surface area (Å²) >= 11 is 0. The average Bonchev–Trinajstić information content (AvgIpc) is 2.83. The fourth-order valence-electron chi connectivity index (χ4n) is 2.89. The van der Waals surface area contributed by atoms with Crippen molar-refractivity contribution in [2.75, 3.05) is 5.32 Å². The van der Waals surface area contributed by atoms with Gasteiger partial charge in [-0.2, -0.15) is 0 Å². The molecule has 1 aliphatic heterocycles. The van der Waals surface area contributed by atoms with Crippen LogP contribution in [0, 0.1) is 0 Å². The summed E-state index contributed by atoms with van der Waals surface area (Å²) in [6.07, 6.45) is 1.61. The number of hydrogen-bond donors (Lipinski definition) is 1. The van der Waals surface area contributed by atoms with Crippen molar-refractivity contribution in [3.8, 4) is 0 Å². The van der Waals surface area contributed by atoms with Crippen molar-refractivity contribution in [1.82, 2.24) is 0 Å². The van der Waals surface area contributed by atoms with Gasteiger partial charge in [-0.1, -0.05) is 42.5 Å². The molecule has 0 aromatic heterocycles. The van der Waals surface area contributed by atoms with E-state index in [1.165, 1.54) is 0 Å². The van der Waals surface area contributed by atoms with Gasteiger partial charge < -0.3 is 14.6 Å². The first-order chi connectivity index (χ1) is 12.7. The van der Waals surface area contributed by atoms with Gasteiger partial charge >= 0.3 is 7.12 Å². The molecular weight excluding hydrogens is 337 g/mol. The lowest BCUT2D eigenvalue weighted by Crippen LogP contribution is -2.41. The van der Waals surface area contributed by atoms with Gasteiger partial charge in [-0.3, -0.25) is 4.79 Å². The lowest BCUT2D eigenvalue weighted by molar-refractivity contribution is 0.00578. The highest BCUT2D eigenvalue weighted by molar-refractivity contribution is 6.62. The van der Waals surface area contributed by atoms with Gasteiger partial charge in [-0.25, -0.2) is 0 Å². The van der Waals surface area contributed by atoms with Crippen molar-refractivity contribution < 1.29 is 14.1 Å². The molecule has 0 radical (unpaired) electrons. The van der Waals surface area contributed by atoms with E-state index in [0.29, 0.717) is 5.56 Å². The zero-order valence-corrected chi connectivity index (χ0v) is 16.6. The van der Waals surface area contributed by atoms with E-state index in [1.54, 1.807) is 6.08 Å². The summed E-state index contributed by atoms with van der Waals surface area (Å²) in [5.74, 6) is -0.0253. The van der Waals surface area contributed by atoms with Crippen molar-refractivity contribution in [3.63, 3.8) is 0 Å². The Kier molecular flexibility index (Phi) is 5.27. The van der Waals surface area contributed by atoms with Crippen molar-refractivity contribution in [1.29, 1.82) is 0 Å². The zero-order chi connectivity index (χ0) is 19.7. The second kappa shape index (κ2) is 7.33. The molecule has 0 atom stereocenters. The first-order valence-electron chi connectivity index (χ1n) is 9.18. The van der Waals surface area contributed by atoms with E-state index in [1.807, 2.05) is 89.2 Å². The maximum Gasteiger partial charge on any atom is 0.494 e. The van der Waals surface area contributed by atoms with E-state index >= 15 is 0 Å². The molecule has 3 rings (SSSR count). The van der Waals surface area contributed by atoms with Crippen LogP contribution >= 0.6 is 0 Å². The molecule has 0 unspecified atom stereocenters. The number of rotatable bonds is 5. The van der Waals surface area contributed by atoms with E-state index in [-0.39, 0.29) is 17.0 Å². The summed E-state index contributed by atoms with van der Waals surface area (Å²) in [6, 6.07) is 17.1. The minimum Gasteiger partial charge on any atom is -0.399 e. The van der Waals surface area contributed by atoms with E-state index in [4.69, 9.17) is 9.31 Å². The highest BCUT2D eigenvalue weighted by Crippen LogP contribution is 2.36. The molecule has 4 nitrogen and oxygen atoms in total. The predicted molar refractivity (Wildman–Crippen MR) is 110 cm³/mol. The number of hydrogen-bond acceptors (Lipinski definition) is 4. The molecule has 1 N–H and O–H groups in total. The van der Waals surface area contributed by atoms with Crippen LogP contribution in [0.5, 0.6) is 0 Å². The molecule has 0 bridgehead atoms. The van der Waals surface area contributed by atoms with Crippen molar-refractivity contribution in [3.05, 3.63) is 71.9 Å². The minimum absolute atomic E-state index is 0.0253. The van der Waals surface area contributed by atoms with Gasteiger partial charge in [0.25, 0.3) is 0 Å². The molecule has 0 aliphatic carbocycles. The first-order valence-corrected chi connectivity index (χ1v) is 9.18. The van der Waals surface area contributed by atoms with Crippen molar-refractivity contribution in [2.45, 2.75) is 45.8 Å². The molecule has 0 saturated carbocycles. The number of allylic oxidation sites excluding steroid dienone is 2. The van der Waals surface area contributed by atoms with Crippen LogP contribution in [0.4, 0.5) is 5.69 Å². The molecule has 1 heterocycles. The Labute approximate surface area is 161 Å². The van der Waals surface area contributed by atoms with Crippen LogP contribution in [0.25, 0.3) is 0 Å². The van der Waals surface area contributed by atoms with Crippen LogP contribution in [0.15, 0.2) is 66.4 Å². The monoisotopic (exact) mass is 363 g/mol. The number of nitrogens with one attached hydrogen (secondary N) is 1. The first kappa shape index (κ1) is 19.4. The van der Waals surface area contributed by atoms with Crippen LogP contribution in [0.1, 0.15) is 45.0 Å². The highest BCUT2D eigenvalue weighted by atomic mass is 16.7. The Morgan fingerprint density at radius 1 is 0.963 bits per heavy atom. The number of anilines is 1. The molecule has 0 spiro atoms. The fraction of sp³-hybridized carbons (Fsp3) is 0.318. The largest absolute Gasteiger partial charge is 0.494 e. The second-order valence-electron chi connectivity index (χ2n) is 7.90. The molecule has 27 heavy (non-hydrogen) atoms. The fourth-order valence-corrected chi connectivity index (χ4v) is 2.89. The van der Waals surface area contributed by atoms with Crippen LogP contribution in [-0.4, -0.2) is 24.1 Å². The molecule has 1 fully saturated rings. The third-order valence-electron chi connectivity index (χ3n) is 5.16. The van der Waals surface area contributed by atoms with Crippen LogP contribution in [0.2, 0.25) is 0 Å². The highest BCUT2D eigenvalue weighted by Gasteiger charge is 2.51. The summed E-state index contributed by atoms with van der Waals surface area (Å²) < 4.78 is 12.2. The molecule has 1 aliphatic rings. The smallest absolute Gasteiger partial charge is 0.399 e. The second-order valence-corrected chi connectivity index (χ2v) is 7.90. The molecule has 2 aromatic rings. The van der Waals surface area contributed by atoms with Gasteiger partial charge in [-0.15, -0.1) is 0 Å². The molecule has 2 aromatic carbocycles. The van der Waals surface area contributed by atoms with Gasteiger partial charge in [0.05, 0.1) is 11.2 Å². The van der Waals surface area contributed by atoms with Gasteiger partial charge in [0.15, 0.2) is 5.78 Å². The lowest BCUT2D eigenvalue weighted by atomic mass is 9.79. The summed E-state index contributed by atoms with van der Waals surface area (Å²) in [4.78, 5) is 12.3. The summed E-state index contributed by atoms with van der Waals surface area (Å²) in [6.45, 7) is 10.0. The summed E-state index contributed by atoms with van der Waals surface area (Å²) in [5, 5.41) is 3.28. The van der Waals surface area contributed by atoms with Gasteiger partial charge in [0, 0.05) is 23.0 Å². The Morgan fingerprint density at radius 2 is 1.59 bits per heavy atom. The quantitative estimate of drug-likeness (QED) is 0.492. The standard InChI is InChI=1S/C22H26BNO3/c1-16(14-20(25)17-10-7-6-8-11-17)24-19-13-9-12-18(15-19)23-26-21(2,3)22(4,5)27-23/h6-15,24H,1-5H3/b16-14-. The van der Waals surface area contributed by atoms with Crippen LogP contribution < -0.4 is 10.8 Å². The number of carbonyl (C=O) groups excluding carboxylic acids is 1. The van der Waals surface area contributed by atoms with Gasteiger partial charge in [0.2, 0.25) is 0 Å². The molecular formula is C22H26BNO3. The van der Waals surface area contributed by atoms with E-state index in [9.17, 15) is 4.79 Å². The SMILES string of the molecule is C/C(=C/C(=O)c1ccccc1)Nc1cccc(B2OC(C)(C)C(C)(C)O2)c1. The van der Waals surface area contributed by atoms with Crippen molar-refractivity contribution >= 4 is 24.1 Å². The topological polar surface area (TPSA) is 47.6 Å². The molecule has 5 heteroatoms. The summed E-state index contributed by atoms with van der Waals surface area (Å²) in [7, 11) is -0.410. The lowest BCUT2D eigenvalue weighted by Gasteiger charge is -2.32. The maximum absolute atomic E-state index is 12.3. The zero-order valence-electron chi connectivity index (χ0n) is 16.6. The minimum atomic E-state index is -0.410. The third kappa shape index (κ3) is 4.31. The summed E-state index contributed by atoms with van der Waals surface area (Å²) in [5.41, 5.74) is 2.52. The molecule has 0 amide bonds. The van der Waals surface area contributed by atoms with Gasteiger partial charge in [-0.05, 0) is 52.2 Å². The number of ketones is 1. The number of carbonyl (C=O) groups is 1. The van der Waals surface area contributed by atoms with E-state index in [2.05, 4.69) is 5.32 Å². The third-order valence-corrected chi connectivity index (χ3v) is 5.16. The number of benzene rings is 2. The van der Waals surface area contributed by atoms with Crippen molar-refractivity contribution in [2.24, 2.45) is 0 Å². The predicted octanol–water partition coefficient (Wildman–Crippen LogP) is 4.18. The molecule has 1 saturated heterocycles. The van der Waals surface area contributed by atoms with Crippen LogP contribution in [-0.2, 0) is 9.31 Å². The average molecular weight is 363 g/mol. The van der Waals surface area contributed by atoms with E-state index in [0.717, 1.165) is 16.8 Å². The molecule has 140 valence electrons. The van der Waals surface area contributed by atoms with E-state index < -0.39 is 7.12 Å². The Balaban J connectivity index is 1.73.